The van der Waals surface area contributed by atoms with Crippen molar-refractivity contribution in [1.29, 1.82) is 0 Å². The van der Waals surface area contributed by atoms with Gasteiger partial charge >= 0.3 is 0 Å². The Balaban J connectivity index is 1.57. The molecule has 1 fully saturated rings. The summed E-state index contributed by atoms with van der Waals surface area (Å²) >= 11 is 1.46. The third-order valence-corrected chi connectivity index (χ3v) is 5.45. The van der Waals surface area contributed by atoms with Crippen LogP contribution < -0.4 is 5.32 Å². The molecule has 1 aliphatic rings. The van der Waals surface area contributed by atoms with E-state index in [9.17, 15) is 4.79 Å². The standard InChI is InChI=1S/C18H18N4O2S/c1-11-7-13-8-12(3-4-14(13)22-21-11)15-9-19-17(25-15)20-16(23)18(2)5-6-24-10-18/h3-4,7-9H,5-6,10H2,1-2H3,(H,19,20,23)/t18-/m0/s1. The third-order valence-electron chi connectivity index (χ3n) is 4.49. The summed E-state index contributed by atoms with van der Waals surface area (Å²) in [5, 5.41) is 12.8. The van der Waals surface area contributed by atoms with Gasteiger partial charge in [-0.05, 0) is 44.0 Å². The Labute approximate surface area is 149 Å². The van der Waals surface area contributed by atoms with Crippen molar-refractivity contribution < 1.29 is 9.53 Å². The van der Waals surface area contributed by atoms with Gasteiger partial charge < -0.3 is 10.1 Å². The second-order valence-electron chi connectivity index (χ2n) is 6.61. The van der Waals surface area contributed by atoms with Crippen LogP contribution in [0.1, 0.15) is 19.0 Å². The van der Waals surface area contributed by atoms with Gasteiger partial charge in [0.2, 0.25) is 5.91 Å². The zero-order valence-electron chi connectivity index (χ0n) is 14.1. The molecule has 1 saturated heterocycles. The maximum absolute atomic E-state index is 12.5. The number of nitrogens with zero attached hydrogens (tertiary/aromatic N) is 3. The number of aromatic nitrogens is 3. The number of fused-ring (bicyclic) bond motifs is 1. The molecule has 3 heterocycles. The number of nitrogens with one attached hydrogen (secondary N) is 1. The molecule has 4 rings (SSSR count). The molecule has 1 N–H and O–H groups in total. The topological polar surface area (TPSA) is 77.0 Å². The van der Waals surface area contributed by atoms with Crippen LogP contribution in [-0.4, -0.2) is 34.3 Å². The SMILES string of the molecule is Cc1cc2cc(-c3cnc(NC(=O)[C@@]4(C)CCOC4)s3)ccc2nn1. The number of anilines is 1. The predicted octanol–water partition coefficient (Wildman–Crippen LogP) is 3.43. The first-order valence-electron chi connectivity index (χ1n) is 8.13. The Bertz CT molecular complexity index is 947. The van der Waals surface area contributed by atoms with Gasteiger partial charge in [0.15, 0.2) is 5.13 Å². The Morgan fingerprint density at radius 3 is 3.00 bits per heavy atom. The Morgan fingerprint density at radius 2 is 2.20 bits per heavy atom. The fourth-order valence-corrected chi connectivity index (χ4v) is 3.67. The molecule has 6 nitrogen and oxygen atoms in total. The lowest BCUT2D eigenvalue weighted by molar-refractivity contribution is -0.124. The van der Waals surface area contributed by atoms with Crippen LogP contribution in [-0.2, 0) is 9.53 Å². The van der Waals surface area contributed by atoms with Crippen molar-refractivity contribution >= 4 is 33.3 Å². The van der Waals surface area contributed by atoms with Gasteiger partial charge in [-0.25, -0.2) is 4.98 Å². The molecule has 0 radical (unpaired) electrons. The lowest BCUT2D eigenvalue weighted by atomic mass is 9.89. The van der Waals surface area contributed by atoms with Crippen LogP contribution >= 0.6 is 11.3 Å². The molecule has 128 valence electrons. The van der Waals surface area contributed by atoms with Crippen molar-refractivity contribution in [3.05, 3.63) is 36.2 Å². The summed E-state index contributed by atoms with van der Waals surface area (Å²) in [4.78, 5) is 17.8. The molecule has 0 unspecified atom stereocenters. The number of carbonyl (C=O) groups is 1. The smallest absolute Gasteiger partial charge is 0.234 e. The fraction of sp³-hybridized carbons (Fsp3) is 0.333. The minimum Gasteiger partial charge on any atom is -0.380 e. The molecule has 7 heteroatoms. The van der Waals surface area contributed by atoms with Gasteiger partial charge in [-0.2, -0.15) is 10.2 Å². The van der Waals surface area contributed by atoms with Gasteiger partial charge in [0, 0.05) is 18.2 Å². The van der Waals surface area contributed by atoms with E-state index in [0.29, 0.717) is 18.3 Å². The van der Waals surface area contributed by atoms with Gasteiger partial charge in [-0.3, -0.25) is 4.79 Å². The normalized spacial score (nSPS) is 20.1. The van der Waals surface area contributed by atoms with Gasteiger partial charge in [-0.15, -0.1) is 0 Å². The molecular weight excluding hydrogens is 336 g/mol. The molecule has 1 amide bonds. The number of hydrogen-bond donors (Lipinski definition) is 1. The van der Waals surface area contributed by atoms with Crippen LogP contribution in [0.5, 0.6) is 0 Å². The highest BCUT2D eigenvalue weighted by atomic mass is 32.1. The number of ether oxygens (including phenoxy) is 1. The van der Waals surface area contributed by atoms with Gasteiger partial charge in [0.05, 0.1) is 28.1 Å². The van der Waals surface area contributed by atoms with Crippen LogP contribution in [0.4, 0.5) is 5.13 Å². The number of thiazole rings is 1. The summed E-state index contributed by atoms with van der Waals surface area (Å²) in [6.07, 6.45) is 2.53. The third kappa shape index (κ3) is 3.12. The second-order valence-corrected chi connectivity index (χ2v) is 7.64. The average molecular weight is 354 g/mol. The molecule has 0 spiro atoms. The molecule has 25 heavy (non-hydrogen) atoms. The largest absolute Gasteiger partial charge is 0.380 e. The number of benzene rings is 1. The first kappa shape index (κ1) is 16.1. The van der Waals surface area contributed by atoms with E-state index < -0.39 is 5.41 Å². The lowest BCUT2D eigenvalue weighted by Crippen LogP contribution is -2.33. The molecular formula is C18H18N4O2S. The second kappa shape index (κ2) is 6.16. The van der Waals surface area contributed by atoms with Crippen LogP contribution in [0.2, 0.25) is 0 Å². The Hall–Kier alpha value is -2.38. The first-order chi connectivity index (χ1) is 12.0. The summed E-state index contributed by atoms with van der Waals surface area (Å²) in [7, 11) is 0. The van der Waals surface area contributed by atoms with Crippen molar-refractivity contribution in [2.45, 2.75) is 20.3 Å². The molecule has 2 aromatic heterocycles. The summed E-state index contributed by atoms with van der Waals surface area (Å²) in [5.41, 5.74) is 2.33. The summed E-state index contributed by atoms with van der Waals surface area (Å²) < 4.78 is 5.36. The molecule has 1 atom stereocenters. The van der Waals surface area contributed by atoms with E-state index in [1.165, 1.54) is 11.3 Å². The van der Waals surface area contributed by atoms with Gasteiger partial charge in [0.1, 0.15) is 0 Å². The lowest BCUT2D eigenvalue weighted by Gasteiger charge is -2.19. The van der Waals surface area contributed by atoms with E-state index in [4.69, 9.17) is 4.74 Å². The highest BCUT2D eigenvalue weighted by Crippen LogP contribution is 2.33. The van der Waals surface area contributed by atoms with Crippen molar-refractivity contribution in [2.24, 2.45) is 5.41 Å². The predicted molar refractivity (Wildman–Crippen MR) is 97.6 cm³/mol. The number of aryl methyl sites for hydroxylation is 1. The zero-order valence-corrected chi connectivity index (χ0v) is 14.9. The number of amides is 1. The van der Waals surface area contributed by atoms with Crippen molar-refractivity contribution in [3.8, 4) is 10.4 Å². The maximum Gasteiger partial charge on any atom is 0.234 e. The summed E-state index contributed by atoms with van der Waals surface area (Å²) in [6.45, 7) is 4.94. The monoisotopic (exact) mass is 354 g/mol. The van der Waals surface area contributed by atoms with E-state index in [1.54, 1.807) is 6.20 Å². The van der Waals surface area contributed by atoms with Crippen LogP contribution in [0, 0.1) is 12.3 Å². The van der Waals surface area contributed by atoms with Gasteiger partial charge in [-0.1, -0.05) is 17.4 Å². The number of rotatable bonds is 3. The quantitative estimate of drug-likeness (QED) is 0.780. The Morgan fingerprint density at radius 1 is 1.32 bits per heavy atom. The fourth-order valence-electron chi connectivity index (χ4n) is 2.86. The van der Waals surface area contributed by atoms with E-state index in [1.807, 2.05) is 32.0 Å². The molecule has 0 saturated carbocycles. The molecule has 1 aliphatic heterocycles. The van der Waals surface area contributed by atoms with Crippen LogP contribution in [0.3, 0.4) is 0 Å². The molecule has 1 aromatic carbocycles. The first-order valence-corrected chi connectivity index (χ1v) is 8.95. The maximum atomic E-state index is 12.5. The van der Waals surface area contributed by atoms with Gasteiger partial charge in [0.25, 0.3) is 0 Å². The van der Waals surface area contributed by atoms with E-state index in [0.717, 1.165) is 33.5 Å². The number of carbonyl (C=O) groups excluding carboxylic acids is 1. The molecule has 0 bridgehead atoms. The van der Waals surface area contributed by atoms with Crippen molar-refractivity contribution in [3.63, 3.8) is 0 Å². The number of hydrogen-bond acceptors (Lipinski definition) is 6. The molecule has 0 aliphatic carbocycles. The van der Waals surface area contributed by atoms with E-state index >= 15 is 0 Å². The Kier molecular flexibility index (Phi) is 3.97. The van der Waals surface area contributed by atoms with Crippen molar-refractivity contribution in [2.75, 3.05) is 18.5 Å². The minimum atomic E-state index is -0.467. The van der Waals surface area contributed by atoms with Crippen LogP contribution in [0.25, 0.3) is 21.3 Å². The van der Waals surface area contributed by atoms with E-state index in [-0.39, 0.29) is 5.91 Å². The zero-order chi connectivity index (χ0) is 17.4. The van der Waals surface area contributed by atoms with Crippen molar-refractivity contribution in [1.82, 2.24) is 15.2 Å². The minimum absolute atomic E-state index is 0.0321. The molecule has 3 aromatic rings. The van der Waals surface area contributed by atoms with Crippen LogP contribution in [0.15, 0.2) is 30.5 Å². The summed E-state index contributed by atoms with van der Waals surface area (Å²) in [5.74, 6) is -0.0321. The van der Waals surface area contributed by atoms with E-state index in [2.05, 4.69) is 26.6 Å². The summed E-state index contributed by atoms with van der Waals surface area (Å²) in [6, 6.07) is 8.03. The highest BCUT2D eigenvalue weighted by Gasteiger charge is 2.37. The average Bonchev–Trinajstić information content (AvgIpc) is 3.24. The highest BCUT2D eigenvalue weighted by molar-refractivity contribution is 7.19.